The van der Waals surface area contributed by atoms with Gasteiger partial charge < -0.3 is 0 Å². The van der Waals surface area contributed by atoms with Crippen LogP contribution in [0.25, 0.3) is 5.57 Å². The van der Waals surface area contributed by atoms with Crippen molar-refractivity contribution in [2.24, 2.45) is 11.8 Å². The number of rotatable bonds is 11. The van der Waals surface area contributed by atoms with Crippen molar-refractivity contribution in [3.8, 4) is 0 Å². The van der Waals surface area contributed by atoms with Gasteiger partial charge in [0.05, 0.1) is 0 Å². The Morgan fingerprint density at radius 2 is 1.69 bits per heavy atom. The van der Waals surface area contributed by atoms with E-state index in [-0.39, 0.29) is 5.92 Å². The van der Waals surface area contributed by atoms with Crippen LogP contribution in [-0.4, -0.2) is 5.78 Å². The average Bonchev–Trinajstić information content (AvgIpc) is 2.66. The maximum absolute atomic E-state index is 12.5. The van der Waals surface area contributed by atoms with Gasteiger partial charge in [-0.15, -0.1) is 0 Å². The molecule has 1 nitrogen and oxygen atoms in total. The standard InChI is InChI=1S/C25H38O/c1-4-6-7-8-9-10-11-23-16-17-24(19-25(23)26)22-14-12-21(13-15-22)18-20(3)5-2/h12-15,19-20,23H,4-11,16-18H2,1-3H3. The van der Waals surface area contributed by atoms with E-state index in [1.807, 2.05) is 6.08 Å². The van der Waals surface area contributed by atoms with Gasteiger partial charge in [-0.25, -0.2) is 0 Å². The molecule has 2 unspecified atom stereocenters. The van der Waals surface area contributed by atoms with Crippen molar-refractivity contribution in [3.05, 3.63) is 41.5 Å². The molecule has 0 heterocycles. The number of carbonyl (C=O) groups is 1. The molecular weight excluding hydrogens is 316 g/mol. The van der Waals surface area contributed by atoms with Crippen LogP contribution in [-0.2, 0) is 11.2 Å². The molecule has 0 radical (unpaired) electrons. The van der Waals surface area contributed by atoms with E-state index in [2.05, 4.69) is 45.0 Å². The molecule has 0 saturated carbocycles. The van der Waals surface area contributed by atoms with Gasteiger partial charge in [-0.3, -0.25) is 4.79 Å². The normalized spacial score (nSPS) is 18.7. The molecule has 0 saturated heterocycles. The second-order valence-corrected chi connectivity index (χ2v) is 8.28. The first-order valence-corrected chi connectivity index (χ1v) is 11.0. The summed E-state index contributed by atoms with van der Waals surface area (Å²) in [6.45, 7) is 6.81. The Labute approximate surface area is 161 Å². The number of allylic oxidation sites excluding steroid dienone is 2. The highest BCUT2D eigenvalue weighted by Gasteiger charge is 2.22. The molecule has 2 atom stereocenters. The quantitative estimate of drug-likeness (QED) is 0.379. The second kappa shape index (κ2) is 11.4. The molecule has 0 amide bonds. The van der Waals surface area contributed by atoms with Crippen LogP contribution in [0.15, 0.2) is 30.3 Å². The smallest absolute Gasteiger partial charge is 0.159 e. The number of ketones is 1. The van der Waals surface area contributed by atoms with Crippen molar-refractivity contribution in [1.82, 2.24) is 0 Å². The van der Waals surface area contributed by atoms with Gasteiger partial charge in [-0.1, -0.05) is 90.0 Å². The van der Waals surface area contributed by atoms with Gasteiger partial charge in [0, 0.05) is 5.92 Å². The molecule has 0 aliphatic heterocycles. The van der Waals surface area contributed by atoms with Gasteiger partial charge in [0.25, 0.3) is 0 Å². The van der Waals surface area contributed by atoms with E-state index in [0.29, 0.717) is 5.78 Å². The van der Waals surface area contributed by atoms with Crippen molar-refractivity contribution in [3.63, 3.8) is 0 Å². The average molecular weight is 355 g/mol. The molecule has 1 heteroatoms. The summed E-state index contributed by atoms with van der Waals surface area (Å²) in [7, 11) is 0. The lowest BCUT2D eigenvalue weighted by Crippen LogP contribution is -2.17. The summed E-state index contributed by atoms with van der Waals surface area (Å²) in [5.41, 5.74) is 3.89. The van der Waals surface area contributed by atoms with Crippen molar-refractivity contribution < 1.29 is 4.79 Å². The molecule has 1 aliphatic rings. The van der Waals surface area contributed by atoms with Crippen molar-refractivity contribution in [2.75, 3.05) is 0 Å². The van der Waals surface area contributed by atoms with E-state index in [1.165, 1.54) is 61.6 Å². The molecule has 1 aromatic carbocycles. The van der Waals surface area contributed by atoms with Crippen molar-refractivity contribution in [2.45, 2.75) is 91.4 Å². The first-order valence-electron chi connectivity index (χ1n) is 11.0. The lowest BCUT2D eigenvalue weighted by atomic mass is 9.82. The van der Waals surface area contributed by atoms with Gasteiger partial charge in [0.2, 0.25) is 0 Å². The third-order valence-electron chi connectivity index (χ3n) is 5.99. The maximum Gasteiger partial charge on any atom is 0.159 e. The number of benzene rings is 1. The highest BCUT2D eigenvalue weighted by Crippen LogP contribution is 2.31. The Hall–Kier alpha value is -1.37. The molecule has 1 aromatic rings. The van der Waals surface area contributed by atoms with E-state index >= 15 is 0 Å². The van der Waals surface area contributed by atoms with E-state index in [4.69, 9.17) is 0 Å². The van der Waals surface area contributed by atoms with Gasteiger partial charge in [0.1, 0.15) is 0 Å². The minimum atomic E-state index is 0.273. The van der Waals surface area contributed by atoms with Crippen molar-refractivity contribution >= 4 is 11.4 Å². The summed E-state index contributed by atoms with van der Waals surface area (Å²) in [4.78, 5) is 12.5. The number of hydrogen-bond acceptors (Lipinski definition) is 1. The van der Waals surface area contributed by atoms with E-state index in [1.54, 1.807) is 0 Å². The highest BCUT2D eigenvalue weighted by atomic mass is 16.1. The highest BCUT2D eigenvalue weighted by molar-refractivity contribution is 5.99. The lowest BCUT2D eigenvalue weighted by Gasteiger charge is -2.21. The molecule has 0 bridgehead atoms. The van der Waals surface area contributed by atoms with Crippen LogP contribution in [0.3, 0.4) is 0 Å². The first-order chi connectivity index (χ1) is 12.6. The molecule has 0 fully saturated rings. The van der Waals surface area contributed by atoms with Crippen LogP contribution in [0.5, 0.6) is 0 Å². The molecule has 0 N–H and O–H groups in total. The molecule has 144 valence electrons. The minimum absolute atomic E-state index is 0.273. The van der Waals surface area contributed by atoms with Crippen LogP contribution < -0.4 is 0 Å². The number of hydrogen-bond donors (Lipinski definition) is 0. The van der Waals surface area contributed by atoms with E-state index < -0.39 is 0 Å². The number of unbranched alkanes of at least 4 members (excludes halogenated alkanes) is 5. The second-order valence-electron chi connectivity index (χ2n) is 8.28. The fourth-order valence-corrected chi connectivity index (χ4v) is 3.92. The zero-order chi connectivity index (χ0) is 18.8. The first kappa shape index (κ1) is 20.9. The number of carbonyl (C=O) groups excluding carboxylic acids is 1. The van der Waals surface area contributed by atoms with E-state index in [0.717, 1.165) is 31.6 Å². The van der Waals surface area contributed by atoms with Crippen LogP contribution in [0.1, 0.15) is 96.1 Å². The molecule has 1 aliphatic carbocycles. The minimum Gasteiger partial charge on any atom is -0.295 e. The predicted octanol–water partition coefficient (Wildman–Crippen LogP) is 7.39. The lowest BCUT2D eigenvalue weighted by molar-refractivity contribution is -0.118. The molecule has 0 aromatic heterocycles. The van der Waals surface area contributed by atoms with Gasteiger partial charge >= 0.3 is 0 Å². The maximum atomic E-state index is 12.5. The van der Waals surface area contributed by atoms with Crippen molar-refractivity contribution in [1.29, 1.82) is 0 Å². The summed E-state index contributed by atoms with van der Waals surface area (Å²) < 4.78 is 0. The van der Waals surface area contributed by atoms with Crippen LogP contribution in [0, 0.1) is 11.8 Å². The Morgan fingerprint density at radius 1 is 1.00 bits per heavy atom. The van der Waals surface area contributed by atoms with Gasteiger partial charge in [0.15, 0.2) is 5.78 Å². The largest absolute Gasteiger partial charge is 0.295 e. The third kappa shape index (κ3) is 6.74. The Balaban J connectivity index is 1.82. The molecule has 26 heavy (non-hydrogen) atoms. The third-order valence-corrected chi connectivity index (χ3v) is 5.99. The topological polar surface area (TPSA) is 17.1 Å². The van der Waals surface area contributed by atoms with Crippen LogP contribution in [0.2, 0.25) is 0 Å². The van der Waals surface area contributed by atoms with E-state index in [9.17, 15) is 4.79 Å². The Morgan fingerprint density at radius 3 is 2.35 bits per heavy atom. The molecule has 2 rings (SSSR count). The van der Waals surface area contributed by atoms with Gasteiger partial charge in [-0.2, -0.15) is 0 Å². The summed E-state index contributed by atoms with van der Waals surface area (Å²) in [6.07, 6.45) is 15.3. The van der Waals surface area contributed by atoms with Crippen LogP contribution in [0.4, 0.5) is 0 Å². The summed E-state index contributed by atoms with van der Waals surface area (Å²) in [5.74, 6) is 1.37. The fourth-order valence-electron chi connectivity index (χ4n) is 3.92. The molecule has 0 spiro atoms. The fraction of sp³-hybridized carbons (Fsp3) is 0.640. The van der Waals surface area contributed by atoms with Gasteiger partial charge in [-0.05, 0) is 54.4 Å². The van der Waals surface area contributed by atoms with Crippen LogP contribution >= 0.6 is 0 Å². The Kier molecular flexibility index (Phi) is 9.15. The summed E-state index contributed by atoms with van der Waals surface area (Å²) in [6, 6.07) is 8.92. The zero-order valence-electron chi connectivity index (χ0n) is 17.2. The zero-order valence-corrected chi connectivity index (χ0v) is 17.2. The summed E-state index contributed by atoms with van der Waals surface area (Å²) in [5, 5.41) is 0. The monoisotopic (exact) mass is 354 g/mol. The SMILES string of the molecule is CCCCCCCCC1CCC(c2ccc(CC(C)CC)cc2)=CC1=O. The Bertz CT molecular complexity index is 566. The summed E-state index contributed by atoms with van der Waals surface area (Å²) >= 11 is 0. The predicted molar refractivity (Wildman–Crippen MR) is 113 cm³/mol. The molecular formula is C25H38O.